The van der Waals surface area contributed by atoms with Crippen molar-refractivity contribution < 1.29 is 9.47 Å². The van der Waals surface area contributed by atoms with E-state index in [9.17, 15) is 0 Å². The lowest BCUT2D eigenvalue weighted by Crippen LogP contribution is -2.05. The number of aryl methyl sites for hydroxylation is 1. The summed E-state index contributed by atoms with van der Waals surface area (Å²) in [4.78, 5) is 0. The number of rotatable bonds is 4. The van der Waals surface area contributed by atoms with E-state index in [-0.39, 0.29) is 0 Å². The molecule has 1 aromatic carbocycles. The minimum absolute atomic E-state index is 0.327. The van der Waals surface area contributed by atoms with E-state index < -0.39 is 0 Å². The van der Waals surface area contributed by atoms with Crippen LogP contribution < -0.4 is 15.2 Å². The average Bonchev–Trinajstić information content (AvgIpc) is 2.68. The third-order valence-electron chi connectivity index (χ3n) is 2.76. The van der Waals surface area contributed by atoms with E-state index in [2.05, 4.69) is 10.2 Å². The molecule has 96 valence electrons. The number of nitrogens with two attached hydrogens (primary N) is 1. The Morgan fingerprint density at radius 3 is 2.67 bits per heavy atom. The van der Waals surface area contributed by atoms with Crippen molar-refractivity contribution in [3.05, 3.63) is 29.8 Å². The van der Waals surface area contributed by atoms with Crippen molar-refractivity contribution in [1.82, 2.24) is 14.8 Å². The van der Waals surface area contributed by atoms with Gasteiger partial charge in [-0.25, -0.2) is 0 Å². The molecule has 0 aliphatic carbocycles. The molecular weight excluding hydrogens is 232 g/mol. The molecule has 0 radical (unpaired) electrons. The van der Waals surface area contributed by atoms with Crippen molar-refractivity contribution in [3.8, 4) is 11.5 Å². The Kier molecular flexibility index (Phi) is 3.36. The highest BCUT2D eigenvalue weighted by atomic mass is 16.5. The molecule has 2 aromatic rings. The topological polar surface area (TPSA) is 75.2 Å². The van der Waals surface area contributed by atoms with Crippen LogP contribution in [0.1, 0.15) is 11.6 Å². The van der Waals surface area contributed by atoms with E-state index >= 15 is 0 Å². The fourth-order valence-corrected chi connectivity index (χ4v) is 1.50. The minimum atomic E-state index is 0.327. The van der Waals surface area contributed by atoms with Gasteiger partial charge >= 0.3 is 0 Å². The normalized spacial score (nSPS) is 10.4. The Bertz CT molecular complexity index is 551. The van der Waals surface area contributed by atoms with Gasteiger partial charge in [-0.2, -0.15) is 0 Å². The number of nitrogens with zero attached hydrogens (tertiary/aromatic N) is 3. The van der Waals surface area contributed by atoms with Gasteiger partial charge in [0.2, 0.25) is 0 Å². The quantitative estimate of drug-likeness (QED) is 0.825. The molecule has 1 heterocycles. The predicted molar refractivity (Wildman–Crippen MR) is 67.5 cm³/mol. The third-order valence-corrected chi connectivity index (χ3v) is 2.76. The molecule has 0 bridgehead atoms. The molecule has 0 unspecified atom stereocenters. The fourth-order valence-electron chi connectivity index (χ4n) is 1.50. The predicted octanol–water partition coefficient (Wildman–Crippen LogP) is 1.29. The van der Waals surface area contributed by atoms with Crippen molar-refractivity contribution in [2.24, 2.45) is 7.05 Å². The molecule has 6 nitrogen and oxygen atoms in total. The molecular formula is C12H16N4O2. The second kappa shape index (κ2) is 4.95. The molecule has 0 saturated heterocycles. The van der Waals surface area contributed by atoms with Crippen LogP contribution in [0.2, 0.25) is 0 Å². The molecule has 0 spiro atoms. The van der Waals surface area contributed by atoms with Crippen molar-refractivity contribution in [2.75, 3.05) is 12.8 Å². The number of nitrogen functional groups attached to an aromatic ring is 1. The maximum Gasteiger partial charge on any atom is 0.170 e. The average molecular weight is 248 g/mol. The molecule has 2 rings (SSSR count). The zero-order valence-corrected chi connectivity index (χ0v) is 10.7. The van der Waals surface area contributed by atoms with Gasteiger partial charge in [0.1, 0.15) is 23.9 Å². The first kappa shape index (κ1) is 12.2. The van der Waals surface area contributed by atoms with E-state index in [1.807, 2.05) is 18.5 Å². The Morgan fingerprint density at radius 2 is 2.11 bits per heavy atom. The highest BCUT2D eigenvalue weighted by molar-refractivity contribution is 5.56. The Labute approximate surface area is 105 Å². The molecule has 0 atom stereocenters. The van der Waals surface area contributed by atoms with Crippen molar-refractivity contribution in [3.63, 3.8) is 0 Å². The van der Waals surface area contributed by atoms with Crippen molar-refractivity contribution >= 4 is 5.69 Å². The van der Waals surface area contributed by atoms with E-state index in [1.54, 1.807) is 25.3 Å². The molecule has 18 heavy (non-hydrogen) atoms. The first-order chi connectivity index (χ1) is 8.61. The van der Waals surface area contributed by atoms with Gasteiger partial charge in [0, 0.05) is 13.1 Å². The summed E-state index contributed by atoms with van der Waals surface area (Å²) in [6.45, 7) is 2.21. The molecule has 2 N–H and O–H groups in total. The van der Waals surface area contributed by atoms with Crippen LogP contribution in [0.3, 0.4) is 0 Å². The monoisotopic (exact) mass is 248 g/mol. The largest absolute Gasteiger partial charge is 0.497 e. The van der Waals surface area contributed by atoms with Gasteiger partial charge in [-0.3, -0.25) is 0 Å². The lowest BCUT2D eigenvalue weighted by molar-refractivity contribution is 0.292. The van der Waals surface area contributed by atoms with Crippen LogP contribution >= 0.6 is 0 Å². The Hall–Kier alpha value is -2.24. The van der Waals surface area contributed by atoms with Gasteiger partial charge in [0.05, 0.1) is 12.8 Å². The summed E-state index contributed by atoms with van der Waals surface area (Å²) >= 11 is 0. The van der Waals surface area contributed by atoms with Crippen LogP contribution in [0, 0.1) is 6.92 Å². The van der Waals surface area contributed by atoms with Gasteiger partial charge in [0.15, 0.2) is 5.82 Å². The standard InChI is InChI=1S/C12H16N4O2/c1-8-14-15-12(16(8)2)7-18-11-5-4-9(17-3)6-10(11)13/h4-6H,7,13H2,1-3H3. The molecule has 1 aromatic heterocycles. The lowest BCUT2D eigenvalue weighted by atomic mass is 10.3. The number of ether oxygens (including phenoxy) is 2. The highest BCUT2D eigenvalue weighted by Gasteiger charge is 2.07. The Morgan fingerprint density at radius 1 is 1.33 bits per heavy atom. The number of hydrogen-bond donors (Lipinski definition) is 1. The zero-order chi connectivity index (χ0) is 13.1. The summed E-state index contributed by atoms with van der Waals surface area (Å²) in [5.74, 6) is 2.91. The highest BCUT2D eigenvalue weighted by Crippen LogP contribution is 2.26. The Balaban J connectivity index is 2.08. The lowest BCUT2D eigenvalue weighted by Gasteiger charge is -2.09. The maximum atomic E-state index is 5.86. The van der Waals surface area contributed by atoms with Crippen LogP contribution in [0.5, 0.6) is 11.5 Å². The van der Waals surface area contributed by atoms with E-state index in [0.29, 0.717) is 23.8 Å². The SMILES string of the molecule is COc1ccc(OCc2nnc(C)n2C)c(N)c1. The van der Waals surface area contributed by atoms with Crippen LogP contribution in [0.4, 0.5) is 5.69 Å². The van der Waals surface area contributed by atoms with Crippen LogP contribution in [0.25, 0.3) is 0 Å². The summed E-state index contributed by atoms with van der Waals surface area (Å²) in [7, 11) is 3.49. The summed E-state index contributed by atoms with van der Waals surface area (Å²) in [5.41, 5.74) is 6.39. The molecule has 0 fully saturated rings. The zero-order valence-electron chi connectivity index (χ0n) is 10.7. The second-order valence-corrected chi connectivity index (χ2v) is 3.91. The van der Waals surface area contributed by atoms with Gasteiger partial charge in [0.25, 0.3) is 0 Å². The molecule has 6 heteroatoms. The number of aromatic nitrogens is 3. The number of anilines is 1. The van der Waals surface area contributed by atoms with Gasteiger partial charge in [-0.1, -0.05) is 0 Å². The van der Waals surface area contributed by atoms with Crippen LogP contribution in [0.15, 0.2) is 18.2 Å². The van der Waals surface area contributed by atoms with Crippen LogP contribution in [-0.2, 0) is 13.7 Å². The first-order valence-electron chi connectivity index (χ1n) is 5.53. The summed E-state index contributed by atoms with van der Waals surface area (Å²) in [6, 6.07) is 5.29. The van der Waals surface area contributed by atoms with Gasteiger partial charge in [-0.15, -0.1) is 10.2 Å². The third kappa shape index (κ3) is 2.37. The smallest absolute Gasteiger partial charge is 0.170 e. The summed E-state index contributed by atoms with van der Waals surface area (Å²) in [6.07, 6.45) is 0. The molecule has 0 aliphatic heterocycles. The number of benzene rings is 1. The van der Waals surface area contributed by atoms with Crippen molar-refractivity contribution in [1.29, 1.82) is 0 Å². The van der Waals surface area contributed by atoms with Gasteiger partial charge in [-0.05, 0) is 19.1 Å². The van der Waals surface area contributed by atoms with Gasteiger partial charge < -0.3 is 19.8 Å². The summed E-state index contributed by atoms with van der Waals surface area (Å²) in [5, 5.41) is 7.98. The number of hydrogen-bond acceptors (Lipinski definition) is 5. The maximum absolute atomic E-state index is 5.86. The van der Waals surface area contributed by atoms with E-state index in [1.165, 1.54) is 0 Å². The molecule has 0 amide bonds. The van der Waals surface area contributed by atoms with E-state index in [0.717, 1.165) is 11.6 Å². The van der Waals surface area contributed by atoms with Crippen LogP contribution in [-0.4, -0.2) is 21.9 Å². The minimum Gasteiger partial charge on any atom is -0.497 e. The molecule has 0 saturated carbocycles. The molecule has 0 aliphatic rings. The number of methoxy groups -OCH3 is 1. The summed E-state index contributed by atoms with van der Waals surface area (Å²) < 4.78 is 12.6. The fraction of sp³-hybridized carbons (Fsp3) is 0.333. The van der Waals surface area contributed by atoms with E-state index in [4.69, 9.17) is 15.2 Å². The second-order valence-electron chi connectivity index (χ2n) is 3.91. The van der Waals surface area contributed by atoms with Crippen molar-refractivity contribution in [2.45, 2.75) is 13.5 Å². The first-order valence-corrected chi connectivity index (χ1v) is 5.53.